The minimum absolute atomic E-state index is 0.425. The molecule has 4 nitrogen and oxygen atoms in total. The number of hydrogen-bond donors (Lipinski definition) is 1. The largest absolute Gasteiger partial charge is 0.489 e. The molecule has 5 heteroatoms. The third-order valence-corrected chi connectivity index (χ3v) is 4.80. The molecule has 2 N–H and O–H groups in total. The molecule has 0 heterocycles. The van der Waals surface area contributed by atoms with E-state index in [2.05, 4.69) is 34.5 Å². The van der Waals surface area contributed by atoms with Crippen LogP contribution >= 0.6 is 11.8 Å². The molecule has 146 valence electrons. The van der Waals surface area contributed by atoms with Gasteiger partial charge in [-0.25, -0.2) is 0 Å². The fourth-order valence-corrected chi connectivity index (χ4v) is 3.13. The maximum Gasteiger partial charge on any atom is 0.180 e. The number of amidine groups is 1. The third kappa shape index (κ3) is 7.31. The number of thioether (sulfide) groups is 1. The highest BCUT2D eigenvalue weighted by atomic mass is 32.2. The molecule has 0 saturated carbocycles. The highest BCUT2D eigenvalue weighted by molar-refractivity contribution is 8.13. The lowest BCUT2D eigenvalue weighted by Crippen LogP contribution is -2.06. The van der Waals surface area contributed by atoms with Gasteiger partial charge >= 0.3 is 0 Å². The van der Waals surface area contributed by atoms with Gasteiger partial charge < -0.3 is 10.5 Å². The molecule has 3 aromatic carbocycles. The zero-order chi connectivity index (χ0) is 20.2. The Morgan fingerprint density at radius 3 is 2.38 bits per heavy atom. The van der Waals surface area contributed by atoms with Crippen molar-refractivity contribution in [2.75, 3.05) is 6.61 Å². The van der Waals surface area contributed by atoms with Crippen molar-refractivity contribution in [2.24, 2.45) is 15.9 Å². The van der Waals surface area contributed by atoms with Crippen LogP contribution in [0, 0.1) is 0 Å². The summed E-state index contributed by atoms with van der Waals surface area (Å²) < 4.78 is 5.86. The van der Waals surface area contributed by atoms with Gasteiger partial charge in [-0.3, -0.25) is 0 Å². The van der Waals surface area contributed by atoms with Crippen LogP contribution in [0.5, 0.6) is 5.75 Å². The number of para-hydroxylation sites is 1. The zero-order valence-corrected chi connectivity index (χ0v) is 16.8. The fourth-order valence-electron chi connectivity index (χ4n) is 2.51. The summed E-state index contributed by atoms with van der Waals surface area (Å²) in [6.07, 6.45) is 5.68. The smallest absolute Gasteiger partial charge is 0.180 e. The average molecular weight is 402 g/mol. The molecule has 3 rings (SSSR count). The van der Waals surface area contributed by atoms with Crippen LogP contribution in [0.15, 0.2) is 101 Å². The number of nitrogens with zero attached hydrogens (tertiary/aromatic N) is 2. The van der Waals surface area contributed by atoms with Gasteiger partial charge in [0.05, 0.1) is 6.21 Å². The maximum absolute atomic E-state index is 5.94. The zero-order valence-electron chi connectivity index (χ0n) is 16.0. The van der Waals surface area contributed by atoms with Crippen LogP contribution < -0.4 is 10.5 Å². The van der Waals surface area contributed by atoms with Crippen molar-refractivity contribution in [1.29, 1.82) is 0 Å². The molecule has 0 aliphatic rings. The Kier molecular flexibility index (Phi) is 8.11. The molecule has 0 saturated heterocycles. The van der Waals surface area contributed by atoms with E-state index in [9.17, 15) is 0 Å². The monoisotopic (exact) mass is 401 g/mol. The Labute approximate surface area is 175 Å². The van der Waals surface area contributed by atoms with E-state index in [4.69, 9.17) is 10.5 Å². The van der Waals surface area contributed by atoms with Gasteiger partial charge in [-0.05, 0) is 29.3 Å². The summed E-state index contributed by atoms with van der Waals surface area (Å²) in [5, 5.41) is 8.60. The number of hydrogen-bond acceptors (Lipinski definition) is 4. The number of benzene rings is 3. The van der Waals surface area contributed by atoms with Crippen LogP contribution in [-0.4, -0.2) is 18.0 Å². The summed E-state index contributed by atoms with van der Waals surface area (Å²) in [5.41, 5.74) is 9.13. The molecule has 0 atom stereocenters. The predicted octanol–water partition coefficient (Wildman–Crippen LogP) is 5.36. The van der Waals surface area contributed by atoms with Crippen molar-refractivity contribution < 1.29 is 4.74 Å². The van der Waals surface area contributed by atoms with Crippen molar-refractivity contribution in [3.63, 3.8) is 0 Å². The third-order valence-electron chi connectivity index (χ3n) is 3.95. The molecule has 0 aliphatic heterocycles. The van der Waals surface area contributed by atoms with Gasteiger partial charge in [0, 0.05) is 11.3 Å². The molecule has 0 bridgehead atoms. The Morgan fingerprint density at radius 1 is 0.897 bits per heavy atom. The summed E-state index contributed by atoms with van der Waals surface area (Å²) in [5.74, 6) is 1.51. The second-order valence-electron chi connectivity index (χ2n) is 6.12. The summed E-state index contributed by atoms with van der Waals surface area (Å²) in [7, 11) is 0. The van der Waals surface area contributed by atoms with Gasteiger partial charge in [-0.15, -0.1) is 5.10 Å². The van der Waals surface area contributed by atoms with Gasteiger partial charge in [0.15, 0.2) is 5.17 Å². The first-order valence-corrected chi connectivity index (χ1v) is 10.3. The van der Waals surface area contributed by atoms with Gasteiger partial charge in [0.2, 0.25) is 0 Å². The summed E-state index contributed by atoms with van der Waals surface area (Å²) in [6.45, 7) is 0.470. The van der Waals surface area contributed by atoms with Gasteiger partial charge in [-0.2, -0.15) is 5.10 Å². The number of ether oxygens (including phenoxy) is 1. The van der Waals surface area contributed by atoms with E-state index in [1.54, 1.807) is 6.21 Å². The first-order chi connectivity index (χ1) is 14.3. The minimum Gasteiger partial charge on any atom is -0.489 e. The molecule has 0 amide bonds. The first-order valence-electron chi connectivity index (χ1n) is 9.28. The van der Waals surface area contributed by atoms with E-state index < -0.39 is 0 Å². The van der Waals surface area contributed by atoms with E-state index in [1.165, 1.54) is 17.3 Å². The van der Waals surface area contributed by atoms with E-state index in [1.807, 2.05) is 72.8 Å². The van der Waals surface area contributed by atoms with Crippen LogP contribution in [0.4, 0.5) is 0 Å². The average Bonchev–Trinajstić information content (AvgIpc) is 2.78. The van der Waals surface area contributed by atoms with Crippen LogP contribution in [-0.2, 0) is 5.75 Å². The Bertz CT molecular complexity index is 970. The molecule has 0 aromatic heterocycles. The lowest BCUT2D eigenvalue weighted by atomic mass is 10.2. The normalized spacial score (nSPS) is 11.9. The molecule has 3 aromatic rings. The second-order valence-corrected chi connectivity index (χ2v) is 7.11. The minimum atomic E-state index is 0.425. The van der Waals surface area contributed by atoms with Gasteiger partial charge in [0.1, 0.15) is 12.4 Å². The molecular formula is C24H23N3OS. The second kappa shape index (κ2) is 11.5. The molecule has 0 spiro atoms. The lowest BCUT2D eigenvalue weighted by Gasteiger charge is -2.06. The molecule has 29 heavy (non-hydrogen) atoms. The van der Waals surface area contributed by atoms with Crippen LogP contribution in [0.2, 0.25) is 0 Å². The van der Waals surface area contributed by atoms with E-state index >= 15 is 0 Å². The summed E-state index contributed by atoms with van der Waals surface area (Å²) >= 11 is 1.46. The SMILES string of the molecule is NC(=NN=Cc1ccccc1OCC=Cc1ccccc1)SCc1ccccc1. The van der Waals surface area contributed by atoms with Crippen molar-refractivity contribution in [3.05, 3.63) is 108 Å². The van der Waals surface area contributed by atoms with Crippen molar-refractivity contribution in [2.45, 2.75) is 5.75 Å². The predicted molar refractivity (Wildman–Crippen MR) is 124 cm³/mol. The molecular weight excluding hydrogens is 378 g/mol. The lowest BCUT2D eigenvalue weighted by molar-refractivity contribution is 0.363. The van der Waals surface area contributed by atoms with E-state index in [0.717, 1.165) is 22.6 Å². The van der Waals surface area contributed by atoms with Gasteiger partial charge in [0.25, 0.3) is 0 Å². The number of nitrogens with two attached hydrogens (primary N) is 1. The van der Waals surface area contributed by atoms with Crippen LogP contribution in [0.1, 0.15) is 16.7 Å². The molecule has 0 aliphatic carbocycles. The van der Waals surface area contributed by atoms with Crippen LogP contribution in [0.25, 0.3) is 6.08 Å². The summed E-state index contributed by atoms with van der Waals surface area (Å²) in [4.78, 5) is 0. The van der Waals surface area contributed by atoms with Crippen molar-refractivity contribution >= 4 is 29.2 Å². The van der Waals surface area contributed by atoms with E-state index in [0.29, 0.717) is 11.8 Å². The van der Waals surface area contributed by atoms with Gasteiger partial charge in [-0.1, -0.05) is 90.6 Å². The van der Waals surface area contributed by atoms with Crippen molar-refractivity contribution in [3.8, 4) is 5.75 Å². The standard InChI is InChI=1S/C24H23N3OS/c25-24(29-19-21-12-5-2-6-13-21)27-26-18-22-15-7-8-16-23(22)28-17-9-14-20-10-3-1-4-11-20/h1-16,18H,17,19H2,(H2,25,27). The topological polar surface area (TPSA) is 60.0 Å². The molecule has 0 fully saturated rings. The maximum atomic E-state index is 5.94. The quantitative estimate of drug-likeness (QED) is 0.314. The highest BCUT2D eigenvalue weighted by Crippen LogP contribution is 2.16. The number of rotatable bonds is 8. The van der Waals surface area contributed by atoms with E-state index in [-0.39, 0.29) is 0 Å². The first kappa shape index (κ1) is 20.4. The molecule has 0 radical (unpaired) electrons. The Hall–Kier alpha value is -3.31. The van der Waals surface area contributed by atoms with Crippen LogP contribution in [0.3, 0.4) is 0 Å². The Morgan fingerprint density at radius 2 is 1.59 bits per heavy atom. The Balaban J connectivity index is 1.53. The summed E-state index contributed by atoms with van der Waals surface area (Å²) in [6, 6.07) is 28.0. The fraction of sp³-hybridized carbons (Fsp3) is 0.0833. The molecule has 0 unspecified atom stereocenters. The van der Waals surface area contributed by atoms with Crippen molar-refractivity contribution in [1.82, 2.24) is 0 Å². The highest BCUT2D eigenvalue weighted by Gasteiger charge is 2.00.